The van der Waals surface area contributed by atoms with Crippen LogP contribution in [0.5, 0.6) is 0 Å². The van der Waals surface area contributed by atoms with Gasteiger partial charge in [0, 0.05) is 38.6 Å². The van der Waals surface area contributed by atoms with Crippen LogP contribution in [-0.2, 0) is 27.2 Å². The smallest absolute Gasteiger partial charge is 0.326 e. The molecule has 3 heterocycles. The second-order valence-corrected chi connectivity index (χ2v) is 10.1. The van der Waals surface area contributed by atoms with Gasteiger partial charge in [-0.1, -0.05) is 6.07 Å². The highest BCUT2D eigenvalue weighted by molar-refractivity contribution is 5.87. The number of hydrogen-bond acceptors (Lipinski definition) is 8. The second kappa shape index (κ2) is 15.8. The van der Waals surface area contributed by atoms with Crippen LogP contribution in [0, 0.1) is 11.3 Å². The highest BCUT2D eigenvalue weighted by atomic mass is 19.1. The summed E-state index contributed by atoms with van der Waals surface area (Å²) in [6.45, 7) is 3.14. The number of carboxylic acids is 1. The lowest BCUT2D eigenvalue weighted by molar-refractivity contribution is -0.142. The molecule has 0 saturated heterocycles. The average Bonchev–Trinajstić information content (AvgIpc) is 2.98. The van der Waals surface area contributed by atoms with Gasteiger partial charge in [0.25, 0.3) is 0 Å². The Labute approximate surface area is 235 Å². The molecular formula is C29H39FN6O4. The number of nitrogens with one attached hydrogen (secondary N) is 2. The SMILES string of the molecule is CO[C@H](CF)CN(CCCCc1ccc2c(n1)NCCC2)CC[C@H](NC(=O)C(C)c1ncccc1C#N)C(=O)O. The van der Waals surface area contributed by atoms with E-state index in [2.05, 4.69) is 27.8 Å². The fraction of sp³-hybridized carbons (Fsp3) is 0.552. The lowest BCUT2D eigenvalue weighted by atomic mass is 10.0. The van der Waals surface area contributed by atoms with Gasteiger partial charge in [-0.3, -0.25) is 9.78 Å². The zero-order valence-corrected chi connectivity index (χ0v) is 23.2. The third kappa shape index (κ3) is 8.96. The predicted octanol–water partition coefficient (Wildman–Crippen LogP) is 3.08. The van der Waals surface area contributed by atoms with E-state index in [4.69, 9.17) is 9.72 Å². The molecule has 2 aromatic rings. The lowest BCUT2D eigenvalue weighted by Crippen LogP contribution is -2.45. The number of amides is 1. The molecule has 3 rings (SSSR count). The van der Waals surface area contributed by atoms with Crippen LogP contribution in [0.2, 0.25) is 0 Å². The third-order valence-electron chi connectivity index (χ3n) is 7.19. The number of methoxy groups -OCH3 is 1. The van der Waals surface area contributed by atoms with Gasteiger partial charge in [-0.2, -0.15) is 5.26 Å². The molecule has 0 aliphatic carbocycles. The molecule has 1 unspecified atom stereocenters. The Morgan fingerprint density at radius 3 is 2.85 bits per heavy atom. The first-order valence-corrected chi connectivity index (χ1v) is 13.8. The summed E-state index contributed by atoms with van der Waals surface area (Å²) in [5.74, 6) is -1.52. The van der Waals surface area contributed by atoms with Crippen molar-refractivity contribution < 1.29 is 23.8 Å². The summed E-state index contributed by atoms with van der Waals surface area (Å²) in [5, 5.41) is 25.0. The van der Waals surface area contributed by atoms with Gasteiger partial charge in [0.1, 0.15) is 24.6 Å². The highest BCUT2D eigenvalue weighted by Gasteiger charge is 2.27. The summed E-state index contributed by atoms with van der Waals surface area (Å²) in [7, 11) is 1.45. The molecule has 1 amide bonds. The van der Waals surface area contributed by atoms with Crippen molar-refractivity contribution in [2.75, 3.05) is 45.3 Å². The minimum Gasteiger partial charge on any atom is -0.480 e. The first kappa shape index (κ1) is 30.9. The molecule has 1 aliphatic rings. The number of unbranched alkanes of at least 4 members (excludes halogenated alkanes) is 1. The van der Waals surface area contributed by atoms with E-state index in [9.17, 15) is 24.3 Å². The maximum Gasteiger partial charge on any atom is 0.326 e. The number of anilines is 1. The quantitative estimate of drug-likeness (QED) is 0.267. The molecular weight excluding hydrogens is 515 g/mol. The van der Waals surface area contributed by atoms with Crippen molar-refractivity contribution >= 4 is 17.7 Å². The summed E-state index contributed by atoms with van der Waals surface area (Å²) < 4.78 is 18.7. The molecule has 10 nitrogen and oxygen atoms in total. The fourth-order valence-corrected chi connectivity index (χ4v) is 4.77. The van der Waals surface area contributed by atoms with Crippen LogP contribution in [0.25, 0.3) is 0 Å². The number of carbonyl (C=O) groups excluding carboxylic acids is 1. The molecule has 0 radical (unpaired) electrons. The van der Waals surface area contributed by atoms with Gasteiger partial charge in [0.05, 0.1) is 23.3 Å². The number of halogens is 1. The van der Waals surface area contributed by atoms with E-state index in [-0.39, 0.29) is 12.0 Å². The van der Waals surface area contributed by atoms with Crippen molar-refractivity contribution in [2.24, 2.45) is 0 Å². The summed E-state index contributed by atoms with van der Waals surface area (Å²) >= 11 is 0. The molecule has 0 fully saturated rings. The number of hydrogen-bond donors (Lipinski definition) is 3. The van der Waals surface area contributed by atoms with E-state index in [0.29, 0.717) is 25.3 Å². The molecule has 3 N–H and O–H groups in total. The fourth-order valence-electron chi connectivity index (χ4n) is 4.77. The molecule has 0 saturated carbocycles. The average molecular weight is 555 g/mol. The van der Waals surface area contributed by atoms with Gasteiger partial charge < -0.3 is 25.4 Å². The number of alkyl halides is 1. The minimum absolute atomic E-state index is 0.127. The zero-order valence-electron chi connectivity index (χ0n) is 23.2. The number of aromatic nitrogens is 2. The maximum atomic E-state index is 13.4. The Bertz CT molecular complexity index is 1170. The molecule has 1 aliphatic heterocycles. The Morgan fingerprint density at radius 2 is 2.12 bits per heavy atom. The van der Waals surface area contributed by atoms with Crippen molar-refractivity contribution in [3.8, 4) is 6.07 Å². The lowest BCUT2D eigenvalue weighted by Gasteiger charge is -2.27. The van der Waals surface area contributed by atoms with E-state index >= 15 is 0 Å². The van der Waals surface area contributed by atoms with E-state index < -0.39 is 36.6 Å². The summed E-state index contributed by atoms with van der Waals surface area (Å²) in [6, 6.07) is 8.23. The van der Waals surface area contributed by atoms with Crippen molar-refractivity contribution in [1.29, 1.82) is 5.26 Å². The topological polar surface area (TPSA) is 140 Å². The Morgan fingerprint density at radius 1 is 1.30 bits per heavy atom. The van der Waals surface area contributed by atoms with Gasteiger partial charge in [0.2, 0.25) is 5.91 Å². The van der Waals surface area contributed by atoms with Gasteiger partial charge in [0.15, 0.2) is 0 Å². The Kier molecular flexibility index (Phi) is 12.2. The van der Waals surface area contributed by atoms with Crippen LogP contribution < -0.4 is 10.6 Å². The van der Waals surface area contributed by atoms with Crippen LogP contribution in [0.15, 0.2) is 30.5 Å². The normalized spacial score (nSPS) is 14.9. The second-order valence-electron chi connectivity index (χ2n) is 10.1. The largest absolute Gasteiger partial charge is 0.480 e. The zero-order chi connectivity index (χ0) is 28.9. The number of rotatable bonds is 16. The van der Waals surface area contributed by atoms with Crippen molar-refractivity contribution in [1.82, 2.24) is 20.2 Å². The maximum absolute atomic E-state index is 13.4. The first-order valence-electron chi connectivity index (χ1n) is 13.8. The van der Waals surface area contributed by atoms with Gasteiger partial charge in [-0.25, -0.2) is 14.2 Å². The summed E-state index contributed by atoms with van der Waals surface area (Å²) in [4.78, 5) is 35.7. The molecule has 0 bridgehead atoms. The number of nitrogens with zero attached hydrogens (tertiary/aromatic N) is 4. The van der Waals surface area contributed by atoms with Crippen LogP contribution in [0.4, 0.5) is 10.2 Å². The predicted molar refractivity (Wildman–Crippen MR) is 149 cm³/mol. The number of nitriles is 1. The van der Waals surface area contributed by atoms with Crippen LogP contribution in [-0.4, -0.2) is 84.0 Å². The number of carboxylic acid groups (broad SMARTS) is 1. The number of ether oxygens (including phenoxy) is 1. The molecule has 2 aromatic heterocycles. The third-order valence-corrected chi connectivity index (χ3v) is 7.19. The number of aliphatic carboxylic acids is 1. The van der Waals surface area contributed by atoms with Gasteiger partial charge in [-0.15, -0.1) is 0 Å². The summed E-state index contributed by atoms with van der Waals surface area (Å²) in [6.07, 6.45) is 5.64. The van der Waals surface area contributed by atoms with Crippen LogP contribution in [0.1, 0.15) is 61.0 Å². The van der Waals surface area contributed by atoms with Crippen LogP contribution in [0.3, 0.4) is 0 Å². The van der Waals surface area contributed by atoms with Gasteiger partial charge >= 0.3 is 5.97 Å². The van der Waals surface area contributed by atoms with Crippen molar-refractivity contribution in [2.45, 2.75) is 63.5 Å². The van der Waals surface area contributed by atoms with Crippen LogP contribution >= 0.6 is 0 Å². The minimum atomic E-state index is -1.16. The Hall–Kier alpha value is -3.62. The first-order chi connectivity index (χ1) is 19.4. The number of pyridine rings is 2. The molecule has 0 aromatic carbocycles. The van der Waals surface area contributed by atoms with Crippen molar-refractivity contribution in [3.05, 3.63) is 53.0 Å². The van der Waals surface area contributed by atoms with E-state index in [1.54, 1.807) is 19.1 Å². The standard InChI is InChI=1S/C29H39FN6O4/c1-20(26-22(18-31)8-6-13-32-26)28(37)35-25(29(38)39)12-16-36(19-24(17-30)40-2)15-4-3-9-23-11-10-21-7-5-14-33-27(21)34-23/h6,8,10-11,13,20,24-25H,3-5,7,9,12,14-17,19H2,1-2H3,(H,33,34)(H,35,37)(H,38,39)/t20?,24-,25+/m1/s1. The van der Waals surface area contributed by atoms with E-state index in [1.165, 1.54) is 18.9 Å². The number of fused-ring (bicyclic) bond motifs is 1. The summed E-state index contributed by atoms with van der Waals surface area (Å²) in [5.41, 5.74) is 2.83. The highest BCUT2D eigenvalue weighted by Crippen LogP contribution is 2.21. The number of carbonyl (C=O) groups is 2. The monoisotopic (exact) mass is 554 g/mol. The molecule has 40 heavy (non-hydrogen) atoms. The van der Waals surface area contributed by atoms with Gasteiger partial charge in [-0.05, 0) is 75.8 Å². The van der Waals surface area contributed by atoms with E-state index in [0.717, 1.165) is 50.2 Å². The van der Waals surface area contributed by atoms with Crippen molar-refractivity contribution in [3.63, 3.8) is 0 Å². The molecule has 0 spiro atoms. The van der Waals surface area contributed by atoms with E-state index in [1.807, 2.05) is 11.0 Å². The molecule has 11 heteroatoms. The molecule has 216 valence electrons. The Balaban J connectivity index is 1.56. The molecule has 3 atom stereocenters. The number of aryl methyl sites for hydroxylation is 2.